The summed E-state index contributed by atoms with van der Waals surface area (Å²) in [6, 6.07) is 27.8. The van der Waals surface area contributed by atoms with Crippen LogP contribution in [0.15, 0.2) is 91.0 Å². The van der Waals surface area contributed by atoms with Gasteiger partial charge < -0.3 is 19.3 Å². The van der Waals surface area contributed by atoms with Crippen LogP contribution in [0.5, 0.6) is 23.0 Å². The molecule has 0 aromatic heterocycles. The van der Waals surface area contributed by atoms with Crippen LogP contribution < -0.4 is 14.2 Å². The van der Waals surface area contributed by atoms with Crippen LogP contribution in [0.4, 0.5) is 0 Å². The highest BCUT2D eigenvalue weighted by Gasteiger charge is 2.23. The van der Waals surface area contributed by atoms with Gasteiger partial charge in [0.25, 0.3) is 0 Å². The number of ketones is 1. The second kappa shape index (κ2) is 13.5. The van der Waals surface area contributed by atoms with Gasteiger partial charge in [-0.3, -0.25) is 4.79 Å². The molecule has 0 aliphatic heterocycles. The second-order valence-corrected chi connectivity index (χ2v) is 9.70. The highest BCUT2D eigenvalue weighted by molar-refractivity contribution is 5.99. The van der Waals surface area contributed by atoms with Gasteiger partial charge in [-0.25, -0.2) is 4.79 Å². The van der Waals surface area contributed by atoms with Crippen molar-refractivity contribution in [3.05, 3.63) is 119 Å². The summed E-state index contributed by atoms with van der Waals surface area (Å²) in [5, 5.41) is 9.43. The van der Waals surface area contributed by atoms with E-state index in [-0.39, 0.29) is 23.0 Å². The Morgan fingerprint density at radius 3 is 2.02 bits per heavy atom. The average molecular weight is 539 g/mol. The molecule has 0 saturated carbocycles. The number of rotatable bonds is 13. The van der Waals surface area contributed by atoms with E-state index < -0.39 is 5.97 Å². The molecule has 0 aliphatic carbocycles. The summed E-state index contributed by atoms with van der Waals surface area (Å²) >= 11 is 0. The second-order valence-electron chi connectivity index (χ2n) is 9.70. The zero-order chi connectivity index (χ0) is 28.5. The van der Waals surface area contributed by atoms with Gasteiger partial charge in [0.05, 0.1) is 14.2 Å². The molecule has 0 amide bonds. The lowest BCUT2D eigenvalue weighted by atomic mass is 9.86. The smallest absolute Gasteiger partial charge is 0.339 e. The van der Waals surface area contributed by atoms with Crippen molar-refractivity contribution < 1.29 is 28.9 Å². The lowest BCUT2D eigenvalue weighted by Gasteiger charge is -2.19. The Labute approximate surface area is 235 Å². The Morgan fingerprint density at radius 1 is 0.775 bits per heavy atom. The number of carboxylic acids is 1. The minimum atomic E-state index is -1.05. The number of aromatic carboxylic acids is 1. The minimum absolute atomic E-state index is 0.0420. The number of ether oxygens (including phenoxy) is 3. The Kier molecular flexibility index (Phi) is 9.57. The van der Waals surface area contributed by atoms with E-state index in [9.17, 15) is 14.7 Å². The summed E-state index contributed by atoms with van der Waals surface area (Å²) < 4.78 is 16.9. The summed E-state index contributed by atoms with van der Waals surface area (Å²) in [6.07, 6.45) is 3.03. The summed E-state index contributed by atoms with van der Waals surface area (Å²) in [5.41, 5.74) is 3.74. The third-order valence-electron chi connectivity index (χ3n) is 7.02. The predicted octanol–water partition coefficient (Wildman–Crippen LogP) is 7.57. The molecule has 0 bridgehead atoms. The molecule has 1 atom stereocenters. The number of methoxy groups -OCH3 is 2. The first-order chi connectivity index (χ1) is 19.4. The topological polar surface area (TPSA) is 82.1 Å². The van der Waals surface area contributed by atoms with Gasteiger partial charge in [-0.2, -0.15) is 0 Å². The normalized spacial score (nSPS) is 11.5. The Balaban J connectivity index is 1.54. The fourth-order valence-electron chi connectivity index (χ4n) is 4.82. The van der Waals surface area contributed by atoms with Crippen molar-refractivity contribution in [2.45, 2.75) is 32.6 Å². The molecular weight excluding hydrogens is 504 g/mol. The van der Waals surface area contributed by atoms with Gasteiger partial charge >= 0.3 is 5.97 Å². The van der Waals surface area contributed by atoms with Crippen LogP contribution >= 0.6 is 0 Å². The SMILES string of the molecule is COc1cc(C(=O)C(CCCc2ccccc2)Cc2ccc(Oc3ccccc3C(=O)O)cc2)cc(OC)c1C. The van der Waals surface area contributed by atoms with Gasteiger partial charge in [0.15, 0.2) is 5.78 Å². The first kappa shape index (κ1) is 28.4. The molecule has 0 radical (unpaired) electrons. The van der Waals surface area contributed by atoms with Crippen molar-refractivity contribution >= 4 is 11.8 Å². The molecule has 6 nitrogen and oxygen atoms in total. The number of carbonyl (C=O) groups excluding carboxylic acids is 1. The highest BCUT2D eigenvalue weighted by atomic mass is 16.5. The molecule has 4 aromatic rings. The molecule has 6 heteroatoms. The van der Waals surface area contributed by atoms with Crippen LogP contribution in [0.2, 0.25) is 0 Å². The van der Waals surface area contributed by atoms with E-state index in [1.54, 1.807) is 56.7 Å². The molecule has 0 spiro atoms. The van der Waals surface area contributed by atoms with Crippen molar-refractivity contribution in [1.29, 1.82) is 0 Å². The van der Waals surface area contributed by atoms with Crippen molar-refractivity contribution in [3.8, 4) is 23.0 Å². The monoisotopic (exact) mass is 538 g/mol. The average Bonchev–Trinajstić information content (AvgIpc) is 2.98. The number of Topliss-reactive ketones (excluding diaryl/α,β-unsaturated/α-hetero) is 1. The van der Waals surface area contributed by atoms with Crippen LogP contribution in [0.3, 0.4) is 0 Å². The van der Waals surface area contributed by atoms with E-state index in [0.29, 0.717) is 29.2 Å². The number of carbonyl (C=O) groups is 2. The quantitative estimate of drug-likeness (QED) is 0.177. The Morgan fingerprint density at radius 2 is 1.40 bits per heavy atom. The Hall–Kier alpha value is -4.58. The number of benzene rings is 4. The van der Waals surface area contributed by atoms with Crippen LogP contribution in [-0.4, -0.2) is 31.1 Å². The largest absolute Gasteiger partial charge is 0.496 e. The predicted molar refractivity (Wildman–Crippen MR) is 155 cm³/mol. The highest BCUT2D eigenvalue weighted by Crippen LogP contribution is 2.32. The maximum absolute atomic E-state index is 13.9. The van der Waals surface area contributed by atoms with E-state index in [2.05, 4.69) is 12.1 Å². The molecule has 0 aliphatic rings. The maximum Gasteiger partial charge on any atom is 0.339 e. The summed E-state index contributed by atoms with van der Waals surface area (Å²) in [5.74, 6) is 0.785. The molecule has 40 heavy (non-hydrogen) atoms. The standard InChI is InChI=1S/C34H34O6/c1-23-31(38-2)21-27(22-32(23)39-3)33(35)26(13-9-12-24-10-5-4-6-11-24)20-25-16-18-28(19-17-25)40-30-15-8-7-14-29(30)34(36)37/h4-8,10-11,14-19,21-22,26H,9,12-13,20H2,1-3H3,(H,36,37). The molecule has 0 heterocycles. The van der Waals surface area contributed by atoms with Crippen molar-refractivity contribution in [3.63, 3.8) is 0 Å². The molecule has 4 rings (SSSR count). The molecule has 0 fully saturated rings. The van der Waals surface area contributed by atoms with Crippen LogP contribution in [0.25, 0.3) is 0 Å². The third-order valence-corrected chi connectivity index (χ3v) is 7.02. The number of aryl methyl sites for hydroxylation is 1. The van der Waals surface area contributed by atoms with Gasteiger partial charge in [0, 0.05) is 17.0 Å². The van der Waals surface area contributed by atoms with Gasteiger partial charge in [-0.05, 0) is 80.1 Å². The van der Waals surface area contributed by atoms with Gasteiger partial charge in [-0.15, -0.1) is 0 Å². The minimum Gasteiger partial charge on any atom is -0.496 e. The van der Waals surface area contributed by atoms with Crippen LogP contribution in [0, 0.1) is 12.8 Å². The summed E-state index contributed by atoms with van der Waals surface area (Å²) in [4.78, 5) is 25.4. The van der Waals surface area contributed by atoms with Gasteiger partial charge in [0.1, 0.15) is 28.6 Å². The third kappa shape index (κ3) is 7.08. The summed E-state index contributed by atoms with van der Waals surface area (Å²) in [7, 11) is 3.18. The first-order valence-corrected chi connectivity index (χ1v) is 13.3. The lowest BCUT2D eigenvalue weighted by Crippen LogP contribution is -2.18. The van der Waals surface area contributed by atoms with Crippen molar-refractivity contribution in [1.82, 2.24) is 0 Å². The van der Waals surface area contributed by atoms with Crippen molar-refractivity contribution in [2.75, 3.05) is 14.2 Å². The molecule has 1 N–H and O–H groups in total. The van der Waals surface area contributed by atoms with E-state index in [4.69, 9.17) is 14.2 Å². The van der Waals surface area contributed by atoms with Crippen LogP contribution in [-0.2, 0) is 12.8 Å². The van der Waals surface area contributed by atoms with Crippen molar-refractivity contribution in [2.24, 2.45) is 5.92 Å². The molecule has 206 valence electrons. The fourth-order valence-corrected chi connectivity index (χ4v) is 4.82. The number of hydrogen-bond donors (Lipinski definition) is 1. The fraction of sp³-hybridized carbons (Fsp3) is 0.235. The molecule has 4 aromatic carbocycles. The maximum atomic E-state index is 13.9. The molecule has 1 unspecified atom stereocenters. The molecule has 0 saturated heterocycles. The van der Waals surface area contributed by atoms with Crippen LogP contribution in [0.1, 0.15) is 50.2 Å². The lowest BCUT2D eigenvalue weighted by molar-refractivity contribution is 0.0694. The number of carboxylic acid groups (broad SMARTS) is 1. The zero-order valence-electron chi connectivity index (χ0n) is 23.1. The van der Waals surface area contributed by atoms with E-state index >= 15 is 0 Å². The van der Waals surface area contributed by atoms with Gasteiger partial charge in [0.2, 0.25) is 0 Å². The van der Waals surface area contributed by atoms with E-state index in [1.807, 2.05) is 37.3 Å². The molecular formula is C34H34O6. The van der Waals surface area contributed by atoms with E-state index in [1.165, 1.54) is 11.6 Å². The zero-order valence-corrected chi connectivity index (χ0v) is 23.1. The van der Waals surface area contributed by atoms with Gasteiger partial charge in [-0.1, -0.05) is 54.6 Å². The number of hydrogen-bond acceptors (Lipinski definition) is 5. The van der Waals surface area contributed by atoms with E-state index in [0.717, 1.165) is 30.4 Å². The summed E-state index contributed by atoms with van der Waals surface area (Å²) in [6.45, 7) is 1.90. The first-order valence-electron chi connectivity index (χ1n) is 13.3. The number of para-hydroxylation sites is 1. The Bertz CT molecular complexity index is 1420.